The van der Waals surface area contributed by atoms with Crippen molar-refractivity contribution in [2.45, 2.75) is 19.8 Å². The van der Waals surface area contributed by atoms with Crippen LogP contribution in [0.25, 0.3) is 0 Å². The molecular formula is C15H18Cl2N2OS. The second-order valence-corrected chi connectivity index (χ2v) is 6.78. The van der Waals surface area contributed by atoms with E-state index in [1.54, 1.807) is 18.2 Å². The molecule has 0 spiro atoms. The van der Waals surface area contributed by atoms with Gasteiger partial charge in [-0.1, -0.05) is 48.0 Å². The van der Waals surface area contributed by atoms with Crippen LogP contribution >= 0.6 is 35.0 Å². The van der Waals surface area contributed by atoms with Crippen LogP contribution in [0.4, 0.5) is 0 Å². The maximum Gasteiger partial charge on any atom is 0.282 e. The maximum atomic E-state index is 12.4. The van der Waals surface area contributed by atoms with E-state index in [1.807, 2.05) is 6.26 Å². The predicted octanol–water partition coefficient (Wildman–Crippen LogP) is 4.58. The van der Waals surface area contributed by atoms with Crippen LogP contribution in [0.5, 0.6) is 0 Å². The minimum absolute atomic E-state index is 0.275. The van der Waals surface area contributed by atoms with Gasteiger partial charge in [0.1, 0.15) is 0 Å². The van der Waals surface area contributed by atoms with Gasteiger partial charge in [0.05, 0.1) is 15.6 Å². The van der Waals surface area contributed by atoms with Gasteiger partial charge in [-0.25, -0.2) is 0 Å². The molecule has 2 rings (SSSR count). The Morgan fingerprint density at radius 2 is 2.05 bits per heavy atom. The number of amides is 1. The molecule has 1 aromatic rings. The molecule has 1 amide bonds. The van der Waals surface area contributed by atoms with Gasteiger partial charge in [0.25, 0.3) is 5.91 Å². The lowest BCUT2D eigenvalue weighted by Gasteiger charge is -2.32. The first-order valence-electron chi connectivity index (χ1n) is 6.89. The summed E-state index contributed by atoms with van der Waals surface area (Å²) in [5.74, 6) is 0.239. The largest absolute Gasteiger partial charge is 0.351 e. The lowest BCUT2D eigenvalue weighted by atomic mass is 10.0. The van der Waals surface area contributed by atoms with Crippen molar-refractivity contribution in [3.8, 4) is 0 Å². The van der Waals surface area contributed by atoms with Crippen molar-refractivity contribution in [1.29, 1.82) is 0 Å². The SMILES string of the molecule is CSC(=NC(=O)c1c(Cl)cccc1Cl)N1CCC[C@@H](C)C1. The molecule has 0 bridgehead atoms. The second-order valence-electron chi connectivity index (χ2n) is 5.19. The molecule has 0 N–H and O–H groups in total. The number of amidine groups is 1. The third-order valence-corrected chi connectivity index (χ3v) is 4.83. The number of benzene rings is 1. The van der Waals surface area contributed by atoms with Crippen LogP contribution in [-0.4, -0.2) is 35.3 Å². The Morgan fingerprint density at radius 1 is 1.38 bits per heavy atom. The highest BCUT2D eigenvalue weighted by molar-refractivity contribution is 8.13. The van der Waals surface area contributed by atoms with Crippen molar-refractivity contribution in [3.63, 3.8) is 0 Å². The quantitative estimate of drug-likeness (QED) is 0.551. The summed E-state index contributed by atoms with van der Waals surface area (Å²) in [6, 6.07) is 5.02. The summed E-state index contributed by atoms with van der Waals surface area (Å²) < 4.78 is 0. The number of aliphatic imine (C=N–C) groups is 1. The molecule has 6 heteroatoms. The number of nitrogens with zero attached hydrogens (tertiary/aromatic N) is 2. The number of thioether (sulfide) groups is 1. The first-order chi connectivity index (χ1) is 10.0. The highest BCUT2D eigenvalue weighted by Gasteiger charge is 2.21. The van der Waals surface area contributed by atoms with E-state index in [-0.39, 0.29) is 11.5 Å². The van der Waals surface area contributed by atoms with Crippen LogP contribution in [0, 0.1) is 5.92 Å². The standard InChI is InChI=1S/C15H18Cl2N2OS/c1-10-5-4-8-19(9-10)15(21-2)18-14(20)13-11(16)6-3-7-12(13)17/h3,6-7,10H,4-5,8-9H2,1-2H3/t10-/m1/s1. The lowest BCUT2D eigenvalue weighted by Crippen LogP contribution is -2.38. The highest BCUT2D eigenvalue weighted by Crippen LogP contribution is 2.26. The van der Waals surface area contributed by atoms with Crippen molar-refractivity contribution >= 4 is 46.0 Å². The zero-order valence-corrected chi connectivity index (χ0v) is 14.4. The zero-order chi connectivity index (χ0) is 15.4. The lowest BCUT2D eigenvalue weighted by molar-refractivity contribution is 0.100. The summed E-state index contributed by atoms with van der Waals surface area (Å²) >= 11 is 13.6. The smallest absolute Gasteiger partial charge is 0.282 e. The molecule has 0 aliphatic carbocycles. The van der Waals surface area contributed by atoms with Gasteiger partial charge in [-0.15, -0.1) is 0 Å². The Bertz CT molecular complexity index is 542. The third kappa shape index (κ3) is 4.15. The maximum absolute atomic E-state index is 12.4. The molecule has 1 aliphatic rings. The molecule has 21 heavy (non-hydrogen) atoms. The second kappa shape index (κ2) is 7.52. The van der Waals surface area contributed by atoms with Crippen LogP contribution in [0.3, 0.4) is 0 Å². The minimum Gasteiger partial charge on any atom is -0.351 e. The topological polar surface area (TPSA) is 32.7 Å². The van der Waals surface area contributed by atoms with Gasteiger partial charge >= 0.3 is 0 Å². The molecule has 1 aliphatic heterocycles. The molecule has 1 atom stereocenters. The molecular weight excluding hydrogens is 327 g/mol. The van der Waals surface area contributed by atoms with E-state index in [9.17, 15) is 4.79 Å². The van der Waals surface area contributed by atoms with Crippen LogP contribution < -0.4 is 0 Å². The molecule has 0 radical (unpaired) electrons. The van der Waals surface area contributed by atoms with Crippen molar-refractivity contribution < 1.29 is 4.79 Å². The van der Waals surface area contributed by atoms with Crippen LogP contribution in [0.15, 0.2) is 23.2 Å². The molecule has 1 saturated heterocycles. The van der Waals surface area contributed by atoms with Gasteiger partial charge in [0.2, 0.25) is 0 Å². The molecule has 114 valence electrons. The molecule has 0 aromatic heterocycles. The number of hydrogen-bond donors (Lipinski definition) is 0. The molecule has 0 unspecified atom stereocenters. The van der Waals surface area contributed by atoms with Crippen molar-refractivity contribution in [2.75, 3.05) is 19.3 Å². The Labute approximate surface area is 139 Å². The summed E-state index contributed by atoms with van der Waals surface area (Å²) in [5.41, 5.74) is 0.275. The van der Waals surface area contributed by atoms with E-state index in [4.69, 9.17) is 23.2 Å². The monoisotopic (exact) mass is 344 g/mol. The fraction of sp³-hybridized carbons (Fsp3) is 0.467. The van der Waals surface area contributed by atoms with Gasteiger partial charge in [0.15, 0.2) is 5.17 Å². The summed E-state index contributed by atoms with van der Waals surface area (Å²) in [5, 5.41) is 1.41. The average molecular weight is 345 g/mol. The predicted molar refractivity (Wildman–Crippen MR) is 91.7 cm³/mol. The Balaban J connectivity index is 2.25. The number of hydrogen-bond acceptors (Lipinski definition) is 2. The van der Waals surface area contributed by atoms with Crippen LogP contribution in [0.1, 0.15) is 30.1 Å². The number of halogens is 2. The van der Waals surface area contributed by atoms with Crippen LogP contribution in [-0.2, 0) is 0 Å². The normalized spacial score (nSPS) is 19.7. The Morgan fingerprint density at radius 3 is 2.62 bits per heavy atom. The average Bonchev–Trinajstić information content (AvgIpc) is 2.44. The van der Waals surface area contributed by atoms with E-state index in [2.05, 4.69) is 16.8 Å². The first kappa shape index (κ1) is 16.7. The van der Waals surface area contributed by atoms with Crippen molar-refractivity contribution in [3.05, 3.63) is 33.8 Å². The van der Waals surface area contributed by atoms with Gasteiger partial charge in [-0.05, 0) is 37.1 Å². The summed E-state index contributed by atoms with van der Waals surface area (Å²) in [7, 11) is 0. The molecule has 3 nitrogen and oxygen atoms in total. The summed E-state index contributed by atoms with van der Waals surface area (Å²) in [6.07, 6.45) is 4.28. The van der Waals surface area contributed by atoms with Gasteiger partial charge in [-0.3, -0.25) is 4.79 Å². The number of piperidine rings is 1. The van der Waals surface area contributed by atoms with E-state index >= 15 is 0 Å². The minimum atomic E-state index is -0.381. The van der Waals surface area contributed by atoms with E-state index in [0.717, 1.165) is 24.7 Å². The van der Waals surface area contributed by atoms with E-state index < -0.39 is 0 Å². The molecule has 1 aromatic carbocycles. The number of carbonyl (C=O) groups excluding carboxylic acids is 1. The third-order valence-electron chi connectivity index (χ3n) is 3.48. The first-order valence-corrected chi connectivity index (χ1v) is 8.87. The van der Waals surface area contributed by atoms with Gasteiger partial charge in [0, 0.05) is 13.1 Å². The molecule has 0 saturated carbocycles. The van der Waals surface area contributed by atoms with E-state index in [1.165, 1.54) is 18.2 Å². The number of likely N-dealkylation sites (tertiary alicyclic amines) is 1. The zero-order valence-electron chi connectivity index (χ0n) is 12.1. The Kier molecular flexibility index (Phi) is 5.97. The highest BCUT2D eigenvalue weighted by atomic mass is 35.5. The summed E-state index contributed by atoms with van der Waals surface area (Å²) in [6.45, 7) is 4.09. The summed E-state index contributed by atoms with van der Waals surface area (Å²) in [4.78, 5) is 18.8. The Hall–Kier alpha value is -0.710. The fourth-order valence-corrected chi connectivity index (χ4v) is 3.61. The fourth-order valence-electron chi connectivity index (χ4n) is 2.45. The number of rotatable bonds is 1. The van der Waals surface area contributed by atoms with Crippen LogP contribution in [0.2, 0.25) is 10.0 Å². The van der Waals surface area contributed by atoms with E-state index in [0.29, 0.717) is 16.0 Å². The number of carbonyl (C=O) groups is 1. The van der Waals surface area contributed by atoms with Gasteiger partial charge < -0.3 is 4.90 Å². The van der Waals surface area contributed by atoms with Crippen molar-refractivity contribution in [1.82, 2.24) is 4.90 Å². The molecule has 1 heterocycles. The van der Waals surface area contributed by atoms with Gasteiger partial charge in [-0.2, -0.15) is 4.99 Å². The molecule has 1 fully saturated rings. The van der Waals surface area contributed by atoms with Crippen molar-refractivity contribution in [2.24, 2.45) is 10.9 Å².